The number of Topliss-reactive ketones (excluding diaryl/α,β-unsaturated/α-hetero) is 1. The van der Waals surface area contributed by atoms with Gasteiger partial charge in [-0.25, -0.2) is 9.97 Å². The van der Waals surface area contributed by atoms with E-state index in [4.69, 9.17) is 4.74 Å². The van der Waals surface area contributed by atoms with Gasteiger partial charge in [-0.3, -0.25) is 9.59 Å². The van der Waals surface area contributed by atoms with Crippen LogP contribution < -0.4 is 4.74 Å². The molecule has 176 valence electrons. The standard InChI is InChI=1S/C26H18F3N3O3/c27-26(28,29)23(33)16-3-5-17(6-4-16)25(34)32-10-11-35-22-8-7-18(12-21(22)15-32)20-13-19-2-1-9-30-24(19)31-14-20/h1-9,12-14H,10-11,15H2. The van der Waals surface area contributed by atoms with Crippen LogP contribution in [0.15, 0.2) is 73.1 Å². The molecule has 5 rings (SSSR count). The Hall–Kier alpha value is -4.27. The van der Waals surface area contributed by atoms with Gasteiger partial charge in [-0.2, -0.15) is 13.2 Å². The van der Waals surface area contributed by atoms with E-state index in [9.17, 15) is 22.8 Å². The number of rotatable bonds is 3. The van der Waals surface area contributed by atoms with Crippen LogP contribution in [0.4, 0.5) is 13.2 Å². The predicted octanol–water partition coefficient (Wildman–Crippen LogP) is 5.08. The summed E-state index contributed by atoms with van der Waals surface area (Å²) in [5.74, 6) is -1.65. The number of aromatic nitrogens is 2. The summed E-state index contributed by atoms with van der Waals surface area (Å²) in [5, 5.41) is 0.903. The topological polar surface area (TPSA) is 72.4 Å². The van der Waals surface area contributed by atoms with Crippen molar-refractivity contribution in [1.82, 2.24) is 14.9 Å². The lowest BCUT2D eigenvalue weighted by atomic mass is 10.0. The van der Waals surface area contributed by atoms with Gasteiger partial charge < -0.3 is 9.64 Å². The van der Waals surface area contributed by atoms with Gasteiger partial charge in [0.25, 0.3) is 11.7 Å². The summed E-state index contributed by atoms with van der Waals surface area (Å²) in [6, 6.07) is 16.0. The van der Waals surface area contributed by atoms with Crippen LogP contribution in [0.5, 0.6) is 5.75 Å². The molecule has 2 aromatic heterocycles. The average Bonchev–Trinajstić information content (AvgIpc) is 3.09. The predicted molar refractivity (Wildman–Crippen MR) is 122 cm³/mol. The molecule has 9 heteroatoms. The first kappa shape index (κ1) is 22.5. The third-order valence-corrected chi connectivity index (χ3v) is 5.77. The highest BCUT2D eigenvalue weighted by molar-refractivity contribution is 6.01. The van der Waals surface area contributed by atoms with Crippen molar-refractivity contribution in [3.63, 3.8) is 0 Å². The van der Waals surface area contributed by atoms with Crippen molar-refractivity contribution in [1.29, 1.82) is 0 Å². The number of hydrogen-bond donors (Lipinski definition) is 0. The van der Waals surface area contributed by atoms with Crippen LogP contribution in [0.3, 0.4) is 0 Å². The summed E-state index contributed by atoms with van der Waals surface area (Å²) in [6.45, 7) is 0.828. The largest absolute Gasteiger partial charge is 0.491 e. The van der Waals surface area contributed by atoms with E-state index in [0.717, 1.165) is 34.2 Å². The lowest BCUT2D eigenvalue weighted by Gasteiger charge is -2.20. The molecule has 0 saturated carbocycles. The fraction of sp³-hybridized carbons (Fsp3) is 0.154. The summed E-state index contributed by atoms with van der Waals surface area (Å²) >= 11 is 0. The van der Waals surface area contributed by atoms with E-state index in [2.05, 4.69) is 9.97 Å². The van der Waals surface area contributed by atoms with Gasteiger partial charge in [-0.05, 0) is 48.0 Å². The van der Waals surface area contributed by atoms with Crippen LogP contribution in [-0.2, 0) is 6.54 Å². The SMILES string of the molecule is O=C(c1ccc(C(=O)C(F)(F)F)cc1)N1CCOc2ccc(-c3cnc4ncccc4c3)cc2C1. The molecular weight excluding hydrogens is 459 g/mol. The van der Waals surface area contributed by atoms with Gasteiger partial charge in [-0.1, -0.05) is 18.2 Å². The molecule has 0 saturated heterocycles. The quantitative estimate of drug-likeness (QED) is 0.385. The van der Waals surface area contributed by atoms with Crippen molar-refractivity contribution in [3.8, 4) is 16.9 Å². The number of benzene rings is 2. The van der Waals surface area contributed by atoms with Crippen molar-refractivity contribution >= 4 is 22.7 Å². The molecule has 2 aromatic carbocycles. The van der Waals surface area contributed by atoms with Gasteiger partial charge in [0.2, 0.25) is 0 Å². The second-order valence-electron chi connectivity index (χ2n) is 8.08. The molecule has 6 nitrogen and oxygen atoms in total. The zero-order chi connectivity index (χ0) is 24.6. The Morgan fingerprint density at radius 2 is 1.69 bits per heavy atom. The lowest BCUT2D eigenvalue weighted by molar-refractivity contribution is -0.0885. The van der Waals surface area contributed by atoms with Crippen molar-refractivity contribution in [2.24, 2.45) is 0 Å². The Kier molecular flexibility index (Phi) is 5.68. The molecule has 1 amide bonds. The van der Waals surface area contributed by atoms with Crippen molar-refractivity contribution in [3.05, 3.63) is 89.7 Å². The summed E-state index contributed by atoms with van der Waals surface area (Å²) in [4.78, 5) is 34.7. The van der Waals surface area contributed by atoms with Crippen molar-refractivity contribution in [2.45, 2.75) is 12.7 Å². The molecule has 0 fully saturated rings. The van der Waals surface area contributed by atoms with Crippen LogP contribution in [0.25, 0.3) is 22.2 Å². The van der Waals surface area contributed by atoms with Gasteiger partial charge in [0.05, 0.1) is 6.54 Å². The second-order valence-corrected chi connectivity index (χ2v) is 8.08. The van der Waals surface area contributed by atoms with E-state index in [1.165, 1.54) is 12.1 Å². The number of pyridine rings is 2. The molecule has 1 aliphatic rings. The number of carbonyl (C=O) groups excluding carboxylic acids is 2. The van der Waals surface area contributed by atoms with E-state index in [1.807, 2.05) is 36.4 Å². The number of ether oxygens (including phenoxy) is 1. The Morgan fingerprint density at radius 3 is 2.46 bits per heavy atom. The normalized spacial score (nSPS) is 13.6. The minimum Gasteiger partial charge on any atom is -0.491 e. The molecule has 0 aliphatic carbocycles. The average molecular weight is 477 g/mol. The highest BCUT2D eigenvalue weighted by Gasteiger charge is 2.39. The molecule has 3 heterocycles. The minimum absolute atomic E-state index is 0.189. The smallest absolute Gasteiger partial charge is 0.454 e. The van der Waals surface area contributed by atoms with Crippen LogP contribution in [0.2, 0.25) is 0 Å². The first-order valence-electron chi connectivity index (χ1n) is 10.8. The van der Waals surface area contributed by atoms with Crippen molar-refractivity contribution in [2.75, 3.05) is 13.2 Å². The maximum Gasteiger partial charge on any atom is 0.454 e. The zero-order valence-electron chi connectivity index (χ0n) is 18.2. The number of hydrogen-bond acceptors (Lipinski definition) is 5. The van der Waals surface area contributed by atoms with Gasteiger partial charge in [0.1, 0.15) is 12.4 Å². The molecule has 4 aromatic rings. The third kappa shape index (κ3) is 4.57. The Labute approximate surface area is 198 Å². The molecular formula is C26H18F3N3O3. The summed E-state index contributed by atoms with van der Waals surface area (Å²) in [5.41, 5.74) is 2.91. The number of carbonyl (C=O) groups is 2. The summed E-state index contributed by atoms with van der Waals surface area (Å²) in [6.07, 6.45) is -1.55. The van der Waals surface area contributed by atoms with Crippen LogP contribution in [0, 0.1) is 0 Å². The number of amides is 1. The maximum atomic E-state index is 13.1. The molecule has 0 atom stereocenters. The van der Waals surface area contributed by atoms with E-state index < -0.39 is 17.5 Å². The van der Waals surface area contributed by atoms with E-state index in [1.54, 1.807) is 17.3 Å². The van der Waals surface area contributed by atoms with Gasteiger partial charge >= 0.3 is 6.18 Å². The van der Waals surface area contributed by atoms with Crippen LogP contribution in [-0.4, -0.2) is 45.9 Å². The Bertz CT molecular complexity index is 1440. The fourth-order valence-electron chi connectivity index (χ4n) is 3.98. The second kappa shape index (κ2) is 8.83. The highest BCUT2D eigenvalue weighted by Crippen LogP contribution is 2.30. The molecule has 35 heavy (non-hydrogen) atoms. The number of halogens is 3. The Morgan fingerprint density at radius 1 is 0.914 bits per heavy atom. The van der Waals surface area contributed by atoms with E-state index in [-0.39, 0.29) is 24.6 Å². The number of ketones is 1. The Balaban J connectivity index is 1.39. The fourth-order valence-corrected chi connectivity index (χ4v) is 3.98. The molecule has 1 aliphatic heterocycles. The molecule has 0 bridgehead atoms. The van der Waals surface area contributed by atoms with Crippen LogP contribution >= 0.6 is 0 Å². The maximum absolute atomic E-state index is 13.1. The monoisotopic (exact) mass is 477 g/mol. The summed E-state index contributed by atoms with van der Waals surface area (Å²) in [7, 11) is 0. The minimum atomic E-state index is -4.97. The third-order valence-electron chi connectivity index (χ3n) is 5.77. The van der Waals surface area contributed by atoms with E-state index in [0.29, 0.717) is 17.9 Å². The van der Waals surface area contributed by atoms with Gasteiger partial charge in [0.15, 0.2) is 5.65 Å². The van der Waals surface area contributed by atoms with Gasteiger partial charge in [0, 0.05) is 46.6 Å². The molecule has 0 spiro atoms. The van der Waals surface area contributed by atoms with Gasteiger partial charge in [-0.15, -0.1) is 0 Å². The number of fused-ring (bicyclic) bond motifs is 2. The zero-order valence-corrected chi connectivity index (χ0v) is 18.2. The number of alkyl halides is 3. The first-order chi connectivity index (χ1) is 16.8. The molecule has 0 radical (unpaired) electrons. The summed E-state index contributed by atoms with van der Waals surface area (Å²) < 4.78 is 43.8. The van der Waals surface area contributed by atoms with E-state index >= 15 is 0 Å². The number of nitrogens with zero attached hydrogens (tertiary/aromatic N) is 3. The first-order valence-corrected chi connectivity index (χ1v) is 10.8. The lowest BCUT2D eigenvalue weighted by Crippen LogP contribution is -2.32. The molecule has 0 N–H and O–H groups in total. The highest BCUT2D eigenvalue weighted by atomic mass is 19.4. The van der Waals surface area contributed by atoms with Crippen molar-refractivity contribution < 1.29 is 27.5 Å². The molecule has 0 unspecified atom stereocenters. The van der Waals surface area contributed by atoms with Crippen LogP contribution in [0.1, 0.15) is 26.3 Å².